The summed E-state index contributed by atoms with van der Waals surface area (Å²) in [5.41, 5.74) is 4.99. The monoisotopic (exact) mass is 330 g/mol. The summed E-state index contributed by atoms with van der Waals surface area (Å²) in [5.74, 6) is 0.405. The Bertz CT molecular complexity index is 930. The molecule has 0 bridgehead atoms. The molecular weight excluding hydrogens is 308 g/mol. The Morgan fingerprint density at radius 1 is 0.960 bits per heavy atom. The first kappa shape index (κ1) is 15.9. The van der Waals surface area contributed by atoms with Gasteiger partial charge in [-0.1, -0.05) is 42.5 Å². The number of benzene rings is 2. The van der Waals surface area contributed by atoms with Crippen molar-refractivity contribution in [2.75, 3.05) is 13.6 Å². The minimum atomic E-state index is 0.00374. The third-order valence-corrected chi connectivity index (χ3v) is 5.04. The molecule has 1 aliphatic heterocycles. The molecule has 4 rings (SSSR count). The molecule has 0 spiro atoms. The van der Waals surface area contributed by atoms with Crippen LogP contribution in [0.1, 0.15) is 29.0 Å². The fourth-order valence-electron chi connectivity index (χ4n) is 3.77. The van der Waals surface area contributed by atoms with Crippen molar-refractivity contribution in [1.29, 1.82) is 0 Å². The van der Waals surface area contributed by atoms with E-state index in [9.17, 15) is 4.79 Å². The van der Waals surface area contributed by atoms with Gasteiger partial charge in [-0.25, -0.2) is 0 Å². The lowest BCUT2D eigenvalue weighted by Crippen LogP contribution is -2.18. The number of rotatable bonds is 2. The number of pyridine rings is 1. The third-order valence-electron chi connectivity index (χ3n) is 5.04. The Morgan fingerprint density at radius 3 is 2.56 bits per heavy atom. The molecule has 3 nitrogen and oxygen atoms in total. The van der Waals surface area contributed by atoms with E-state index in [1.165, 1.54) is 16.7 Å². The van der Waals surface area contributed by atoms with E-state index in [0.717, 1.165) is 25.2 Å². The fraction of sp³-hybridized carbons (Fsp3) is 0.227. The van der Waals surface area contributed by atoms with Crippen molar-refractivity contribution in [2.24, 2.45) is 0 Å². The Labute approximate surface area is 148 Å². The van der Waals surface area contributed by atoms with Gasteiger partial charge in [0.2, 0.25) is 0 Å². The number of hydrogen-bond acceptors (Lipinski definition) is 2. The van der Waals surface area contributed by atoms with Gasteiger partial charge in [-0.2, -0.15) is 0 Å². The van der Waals surface area contributed by atoms with Crippen LogP contribution in [0.25, 0.3) is 5.69 Å². The minimum absolute atomic E-state index is 0.00374. The summed E-state index contributed by atoms with van der Waals surface area (Å²) >= 11 is 0. The van der Waals surface area contributed by atoms with E-state index < -0.39 is 0 Å². The first-order chi connectivity index (χ1) is 12.2. The van der Waals surface area contributed by atoms with Crippen LogP contribution in [0.2, 0.25) is 0 Å². The van der Waals surface area contributed by atoms with Gasteiger partial charge >= 0.3 is 0 Å². The third kappa shape index (κ3) is 3.15. The molecule has 2 heterocycles. The molecule has 25 heavy (non-hydrogen) atoms. The molecule has 0 saturated heterocycles. The van der Waals surface area contributed by atoms with Crippen LogP contribution in [0.3, 0.4) is 0 Å². The fourth-order valence-corrected chi connectivity index (χ4v) is 3.77. The van der Waals surface area contributed by atoms with Gasteiger partial charge in [-0.05, 0) is 54.9 Å². The molecule has 2 aromatic carbocycles. The standard InChI is InChI=1S/C22H22N2O/c1-23-14-12-21(17-7-3-2-4-8-17)20-11-10-19(15-18(20)16-23)24-13-6-5-9-22(24)25/h2-11,13,15,21H,12,14,16H2,1H3. The Hall–Kier alpha value is -2.65. The highest BCUT2D eigenvalue weighted by Crippen LogP contribution is 2.34. The van der Waals surface area contributed by atoms with Gasteiger partial charge in [0.05, 0.1) is 0 Å². The number of nitrogens with zero attached hydrogens (tertiary/aromatic N) is 2. The first-order valence-corrected chi connectivity index (χ1v) is 8.77. The van der Waals surface area contributed by atoms with Crippen molar-refractivity contribution in [1.82, 2.24) is 9.47 Å². The van der Waals surface area contributed by atoms with Gasteiger partial charge in [0.1, 0.15) is 0 Å². The summed E-state index contributed by atoms with van der Waals surface area (Å²) in [7, 11) is 2.17. The smallest absolute Gasteiger partial charge is 0.255 e. The van der Waals surface area contributed by atoms with E-state index in [4.69, 9.17) is 0 Å². The maximum Gasteiger partial charge on any atom is 0.255 e. The molecule has 1 aromatic heterocycles. The topological polar surface area (TPSA) is 25.2 Å². The summed E-state index contributed by atoms with van der Waals surface area (Å²) in [6.07, 6.45) is 2.94. The number of fused-ring (bicyclic) bond motifs is 1. The molecule has 0 saturated carbocycles. The molecule has 0 aliphatic carbocycles. The van der Waals surface area contributed by atoms with Gasteiger partial charge in [0.25, 0.3) is 5.56 Å². The molecule has 3 aromatic rings. The van der Waals surface area contributed by atoms with Crippen LogP contribution >= 0.6 is 0 Å². The zero-order valence-corrected chi connectivity index (χ0v) is 14.4. The van der Waals surface area contributed by atoms with Crippen LogP contribution in [0.4, 0.5) is 0 Å². The van der Waals surface area contributed by atoms with Crippen molar-refractivity contribution < 1.29 is 0 Å². The van der Waals surface area contributed by atoms with Crippen LogP contribution in [-0.4, -0.2) is 23.1 Å². The van der Waals surface area contributed by atoms with E-state index in [1.807, 2.05) is 12.3 Å². The maximum atomic E-state index is 12.2. The van der Waals surface area contributed by atoms with Gasteiger partial charge in [0.15, 0.2) is 0 Å². The highest BCUT2D eigenvalue weighted by molar-refractivity contribution is 5.46. The van der Waals surface area contributed by atoms with Crippen molar-refractivity contribution in [3.05, 3.63) is 100.0 Å². The number of aromatic nitrogens is 1. The highest BCUT2D eigenvalue weighted by atomic mass is 16.1. The maximum absolute atomic E-state index is 12.2. The van der Waals surface area contributed by atoms with Crippen LogP contribution in [-0.2, 0) is 6.54 Å². The molecule has 1 aliphatic rings. The van der Waals surface area contributed by atoms with Gasteiger partial charge in [-0.3, -0.25) is 9.36 Å². The lowest BCUT2D eigenvalue weighted by Gasteiger charge is -2.19. The second-order valence-corrected chi connectivity index (χ2v) is 6.78. The predicted molar refractivity (Wildman–Crippen MR) is 101 cm³/mol. The lowest BCUT2D eigenvalue weighted by molar-refractivity contribution is 0.328. The average molecular weight is 330 g/mol. The molecule has 0 fully saturated rings. The zero-order valence-electron chi connectivity index (χ0n) is 14.4. The highest BCUT2D eigenvalue weighted by Gasteiger charge is 2.22. The predicted octanol–water partition coefficient (Wildman–Crippen LogP) is 3.80. The van der Waals surface area contributed by atoms with E-state index in [0.29, 0.717) is 5.92 Å². The molecular formula is C22H22N2O. The molecule has 3 heteroatoms. The molecule has 0 amide bonds. The largest absolute Gasteiger partial charge is 0.302 e. The summed E-state index contributed by atoms with van der Waals surface area (Å²) in [4.78, 5) is 14.5. The van der Waals surface area contributed by atoms with Crippen LogP contribution < -0.4 is 5.56 Å². The van der Waals surface area contributed by atoms with Gasteiger partial charge in [-0.15, -0.1) is 0 Å². The van der Waals surface area contributed by atoms with Gasteiger partial charge in [0, 0.05) is 30.4 Å². The van der Waals surface area contributed by atoms with Crippen LogP contribution in [0.15, 0.2) is 77.7 Å². The first-order valence-electron chi connectivity index (χ1n) is 8.77. The minimum Gasteiger partial charge on any atom is -0.302 e. The molecule has 126 valence electrons. The summed E-state index contributed by atoms with van der Waals surface area (Å²) in [5, 5.41) is 0. The SMILES string of the molecule is CN1CCC(c2ccccc2)c2ccc(-n3ccccc3=O)cc2C1. The van der Waals surface area contributed by atoms with Crippen molar-refractivity contribution in [3.8, 4) is 5.69 Å². The normalized spacial score (nSPS) is 17.7. The van der Waals surface area contributed by atoms with E-state index in [2.05, 4.69) is 60.5 Å². The van der Waals surface area contributed by atoms with Crippen molar-refractivity contribution >= 4 is 0 Å². The Morgan fingerprint density at radius 2 is 1.76 bits per heavy atom. The van der Waals surface area contributed by atoms with E-state index in [1.54, 1.807) is 16.7 Å². The molecule has 0 radical (unpaired) electrons. The van der Waals surface area contributed by atoms with Gasteiger partial charge < -0.3 is 4.90 Å². The number of hydrogen-bond donors (Lipinski definition) is 0. The Kier molecular flexibility index (Phi) is 4.24. The Balaban J connectivity index is 1.82. The molecule has 1 atom stereocenters. The zero-order chi connectivity index (χ0) is 17.2. The van der Waals surface area contributed by atoms with Crippen LogP contribution in [0.5, 0.6) is 0 Å². The second-order valence-electron chi connectivity index (χ2n) is 6.78. The molecule has 1 unspecified atom stereocenters. The summed E-state index contributed by atoms with van der Waals surface area (Å²) in [6.45, 7) is 1.98. The lowest BCUT2D eigenvalue weighted by atomic mass is 9.86. The second kappa shape index (κ2) is 6.69. The summed E-state index contributed by atoms with van der Waals surface area (Å²) in [6, 6.07) is 22.5. The van der Waals surface area contributed by atoms with Crippen molar-refractivity contribution in [3.63, 3.8) is 0 Å². The summed E-state index contributed by atoms with van der Waals surface area (Å²) < 4.78 is 1.71. The van der Waals surface area contributed by atoms with Crippen molar-refractivity contribution in [2.45, 2.75) is 18.9 Å². The average Bonchev–Trinajstić information content (AvgIpc) is 2.80. The van der Waals surface area contributed by atoms with E-state index in [-0.39, 0.29) is 5.56 Å². The molecule has 0 N–H and O–H groups in total. The quantitative estimate of drug-likeness (QED) is 0.714. The van der Waals surface area contributed by atoms with Crippen LogP contribution in [0, 0.1) is 0 Å². The van der Waals surface area contributed by atoms with E-state index >= 15 is 0 Å².